The zero-order valence-corrected chi connectivity index (χ0v) is 18.4. The number of carbonyl (C=O) groups excluding carboxylic acids is 2. The van der Waals surface area contributed by atoms with Gasteiger partial charge in [-0.3, -0.25) is 14.6 Å². The van der Waals surface area contributed by atoms with Crippen LogP contribution in [0.3, 0.4) is 0 Å². The fourth-order valence-corrected chi connectivity index (χ4v) is 4.48. The van der Waals surface area contributed by atoms with Gasteiger partial charge in [-0.2, -0.15) is 0 Å². The smallest absolute Gasteiger partial charge is 0.242 e. The normalized spacial score (nSPS) is 18.1. The molecule has 1 atom stereocenters. The van der Waals surface area contributed by atoms with Crippen LogP contribution in [0.2, 0.25) is 0 Å². The maximum absolute atomic E-state index is 13.1. The molecule has 0 unspecified atom stereocenters. The molecule has 5 rings (SSSR count). The molecular weight excluding hydrogens is 416 g/mol. The van der Waals surface area contributed by atoms with Crippen molar-refractivity contribution in [3.8, 4) is 11.3 Å². The molecule has 2 aromatic heterocycles. The second kappa shape index (κ2) is 9.36. The summed E-state index contributed by atoms with van der Waals surface area (Å²) < 4.78 is 0. The van der Waals surface area contributed by atoms with Gasteiger partial charge in [0.2, 0.25) is 11.8 Å². The molecule has 2 saturated heterocycles. The van der Waals surface area contributed by atoms with E-state index < -0.39 is 0 Å². The highest BCUT2D eigenvalue weighted by molar-refractivity contribution is 5.86. The van der Waals surface area contributed by atoms with Crippen molar-refractivity contribution in [1.29, 1.82) is 0 Å². The third kappa shape index (κ3) is 4.69. The van der Waals surface area contributed by atoms with Gasteiger partial charge in [-0.25, -0.2) is 9.97 Å². The summed E-state index contributed by atoms with van der Waals surface area (Å²) in [6.07, 6.45) is 6.50. The minimum Gasteiger partial charge on any atom is -0.340 e. The Morgan fingerprint density at radius 2 is 1.85 bits per heavy atom. The predicted molar refractivity (Wildman–Crippen MR) is 124 cm³/mol. The van der Waals surface area contributed by atoms with Gasteiger partial charge in [-0.15, -0.1) is 0 Å². The molecule has 2 amide bonds. The van der Waals surface area contributed by atoms with E-state index in [-0.39, 0.29) is 24.4 Å². The van der Waals surface area contributed by atoms with Crippen molar-refractivity contribution in [3.63, 3.8) is 0 Å². The predicted octanol–water partition coefficient (Wildman–Crippen LogP) is 3.57. The number of rotatable bonds is 6. The molecule has 2 fully saturated rings. The summed E-state index contributed by atoms with van der Waals surface area (Å²) in [5.41, 5.74) is 2.63. The highest BCUT2D eigenvalue weighted by atomic mass is 16.2. The van der Waals surface area contributed by atoms with Gasteiger partial charge in [0.15, 0.2) is 5.82 Å². The molecule has 0 bridgehead atoms. The van der Waals surface area contributed by atoms with Gasteiger partial charge in [0.05, 0.1) is 18.3 Å². The molecular formula is C25H26N6O2. The van der Waals surface area contributed by atoms with Crippen molar-refractivity contribution in [2.75, 3.05) is 25.0 Å². The highest BCUT2D eigenvalue weighted by Crippen LogP contribution is 2.33. The molecule has 8 nitrogen and oxygen atoms in total. The summed E-state index contributed by atoms with van der Waals surface area (Å²) in [4.78, 5) is 42.4. The number of nitrogens with one attached hydrogen (secondary N) is 1. The molecule has 8 heteroatoms. The van der Waals surface area contributed by atoms with Gasteiger partial charge < -0.3 is 15.1 Å². The molecule has 2 aliphatic heterocycles. The summed E-state index contributed by atoms with van der Waals surface area (Å²) in [5.74, 6) is 1.31. The van der Waals surface area contributed by atoms with E-state index in [4.69, 9.17) is 9.97 Å². The molecule has 168 valence electrons. The molecule has 0 saturated carbocycles. The van der Waals surface area contributed by atoms with Gasteiger partial charge in [-0.05, 0) is 43.5 Å². The zero-order chi connectivity index (χ0) is 22.6. The molecule has 0 radical (unpaired) electrons. The summed E-state index contributed by atoms with van der Waals surface area (Å²) in [5, 5.41) is 3.36. The average Bonchev–Trinajstić information content (AvgIpc) is 3.50. The first-order valence-electron chi connectivity index (χ1n) is 11.4. The molecule has 1 N–H and O–H groups in total. The maximum atomic E-state index is 13.1. The number of pyridine rings is 1. The molecule has 3 aromatic rings. The van der Waals surface area contributed by atoms with E-state index >= 15 is 0 Å². The number of amides is 2. The van der Waals surface area contributed by atoms with Crippen LogP contribution in [0.15, 0.2) is 60.9 Å². The SMILES string of the molecule is O=C1CCCN1CC(=O)N1CCC[C@@H]1c1nc(Nc2ccccc2)cc(-c2ccncc2)n1. The maximum Gasteiger partial charge on any atom is 0.242 e. The van der Waals surface area contributed by atoms with Crippen LogP contribution >= 0.6 is 0 Å². The largest absolute Gasteiger partial charge is 0.340 e. The van der Waals surface area contributed by atoms with Crippen LogP contribution in [0.1, 0.15) is 37.5 Å². The first kappa shape index (κ1) is 21.1. The molecule has 33 heavy (non-hydrogen) atoms. The number of carbonyl (C=O) groups is 2. The topological polar surface area (TPSA) is 91.3 Å². The number of aromatic nitrogens is 3. The fourth-order valence-electron chi connectivity index (χ4n) is 4.48. The molecule has 1 aromatic carbocycles. The van der Waals surface area contributed by atoms with Crippen molar-refractivity contribution >= 4 is 23.3 Å². The molecule has 4 heterocycles. The van der Waals surface area contributed by atoms with Crippen LogP contribution in [-0.4, -0.2) is 56.2 Å². The Kier molecular flexibility index (Phi) is 5.97. The molecule has 2 aliphatic rings. The Morgan fingerprint density at radius 3 is 2.61 bits per heavy atom. The van der Waals surface area contributed by atoms with E-state index in [1.807, 2.05) is 53.4 Å². The van der Waals surface area contributed by atoms with Crippen LogP contribution in [-0.2, 0) is 9.59 Å². The summed E-state index contributed by atoms with van der Waals surface area (Å²) in [6.45, 7) is 1.44. The minimum absolute atomic E-state index is 0.0387. The first-order valence-corrected chi connectivity index (χ1v) is 11.4. The fraction of sp³-hybridized carbons (Fsp3) is 0.320. The summed E-state index contributed by atoms with van der Waals surface area (Å²) >= 11 is 0. The molecule has 0 spiro atoms. The Morgan fingerprint density at radius 1 is 1.03 bits per heavy atom. The van der Waals surface area contributed by atoms with E-state index in [1.54, 1.807) is 17.3 Å². The third-order valence-electron chi connectivity index (χ3n) is 6.13. The van der Waals surface area contributed by atoms with Crippen LogP contribution in [0, 0.1) is 0 Å². The first-order chi connectivity index (χ1) is 16.2. The van der Waals surface area contributed by atoms with Crippen LogP contribution in [0.4, 0.5) is 11.5 Å². The number of nitrogens with zero attached hydrogens (tertiary/aromatic N) is 5. The summed E-state index contributed by atoms with van der Waals surface area (Å²) in [6, 6.07) is 15.4. The van der Waals surface area contributed by atoms with Crippen molar-refractivity contribution in [2.24, 2.45) is 0 Å². The van der Waals surface area contributed by atoms with E-state index in [2.05, 4.69) is 10.3 Å². The Labute approximate surface area is 192 Å². The lowest BCUT2D eigenvalue weighted by atomic mass is 10.1. The van der Waals surface area contributed by atoms with Gasteiger partial charge in [0.1, 0.15) is 5.82 Å². The number of hydrogen-bond acceptors (Lipinski definition) is 6. The van der Waals surface area contributed by atoms with Crippen LogP contribution < -0.4 is 5.32 Å². The second-order valence-corrected chi connectivity index (χ2v) is 8.39. The number of para-hydroxylation sites is 1. The Bertz CT molecular complexity index is 1140. The van der Waals surface area contributed by atoms with Crippen molar-refractivity contribution in [2.45, 2.75) is 31.7 Å². The van der Waals surface area contributed by atoms with Gasteiger partial charge in [0.25, 0.3) is 0 Å². The van der Waals surface area contributed by atoms with E-state index in [1.165, 1.54) is 0 Å². The Hall–Kier alpha value is -3.81. The van der Waals surface area contributed by atoms with Crippen molar-refractivity contribution in [1.82, 2.24) is 24.8 Å². The lowest BCUT2D eigenvalue weighted by Gasteiger charge is -2.26. The van der Waals surface area contributed by atoms with E-state index in [9.17, 15) is 9.59 Å². The number of likely N-dealkylation sites (tertiary alicyclic amines) is 2. The van der Waals surface area contributed by atoms with Gasteiger partial charge in [-0.1, -0.05) is 18.2 Å². The zero-order valence-electron chi connectivity index (χ0n) is 18.4. The average molecular weight is 443 g/mol. The van der Waals surface area contributed by atoms with Gasteiger partial charge >= 0.3 is 0 Å². The van der Waals surface area contributed by atoms with Crippen LogP contribution in [0.5, 0.6) is 0 Å². The van der Waals surface area contributed by atoms with Gasteiger partial charge in [0, 0.05) is 49.2 Å². The number of anilines is 2. The lowest BCUT2D eigenvalue weighted by Crippen LogP contribution is -2.40. The van der Waals surface area contributed by atoms with E-state index in [0.29, 0.717) is 31.2 Å². The summed E-state index contributed by atoms with van der Waals surface area (Å²) in [7, 11) is 0. The van der Waals surface area contributed by atoms with Crippen LogP contribution in [0.25, 0.3) is 11.3 Å². The molecule has 0 aliphatic carbocycles. The second-order valence-electron chi connectivity index (χ2n) is 8.39. The Balaban J connectivity index is 1.45. The van der Waals surface area contributed by atoms with E-state index in [0.717, 1.165) is 36.2 Å². The number of hydrogen-bond donors (Lipinski definition) is 1. The minimum atomic E-state index is -0.215. The monoisotopic (exact) mass is 442 g/mol. The third-order valence-corrected chi connectivity index (χ3v) is 6.13. The van der Waals surface area contributed by atoms with Crippen molar-refractivity contribution in [3.05, 3.63) is 66.7 Å². The quantitative estimate of drug-likeness (QED) is 0.628. The lowest BCUT2D eigenvalue weighted by molar-refractivity contribution is -0.139. The standard InChI is InChI=1S/C25H26N6O2/c32-23-9-5-14-30(23)17-24(33)31-15-4-8-21(31)25-28-20(18-10-12-26-13-11-18)16-22(29-25)27-19-6-2-1-3-7-19/h1-3,6-7,10-13,16,21H,4-5,8-9,14-15,17H2,(H,27,28,29)/t21-/m1/s1. The van der Waals surface area contributed by atoms with Crippen molar-refractivity contribution < 1.29 is 9.59 Å². The number of benzene rings is 1. The highest BCUT2D eigenvalue weighted by Gasteiger charge is 2.34.